The van der Waals surface area contributed by atoms with Crippen LogP contribution in [0.4, 0.5) is 0 Å². The van der Waals surface area contributed by atoms with Crippen LogP contribution in [-0.2, 0) is 4.79 Å². The Morgan fingerprint density at radius 2 is 1.73 bits per heavy atom. The lowest BCUT2D eigenvalue weighted by atomic mass is 9.95. The molecule has 1 amide bonds. The first-order valence-corrected chi connectivity index (χ1v) is 9.25. The summed E-state index contributed by atoms with van der Waals surface area (Å²) >= 11 is 1.51. The minimum Gasteiger partial charge on any atom is -0.343 e. The Kier molecular flexibility index (Phi) is 6.62. The van der Waals surface area contributed by atoms with Gasteiger partial charge in [-0.15, -0.1) is 11.3 Å². The molecule has 1 heterocycles. The second-order valence-corrected chi connectivity index (χ2v) is 7.62. The first kappa shape index (κ1) is 17.2. The summed E-state index contributed by atoms with van der Waals surface area (Å²) in [5, 5.41) is 0. The third-order valence-corrected chi connectivity index (χ3v) is 5.64. The monoisotopic (exact) mass is 321 g/mol. The molecule has 1 aromatic heterocycles. The second kappa shape index (κ2) is 8.47. The van der Waals surface area contributed by atoms with Crippen molar-refractivity contribution >= 4 is 23.0 Å². The predicted molar refractivity (Wildman–Crippen MR) is 91.5 cm³/mol. The van der Waals surface area contributed by atoms with E-state index in [4.69, 9.17) is 0 Å². The molecule has 3 nitrogen and oxygen atoms in total. The van der Waals surface area contributed by atoms with E-state index in [1.54, 1.807) is 0 Å². The highest BCUT2D eigenvalue weighted by molar-refractivity contribution is 7.14. The van der Waals surface area contributed by atoms with Crippen LogP contribution < -0.4 is 0 Å². The molecule has 0 spiro atoms. The Morgan fingerprint density at radius 1 is 1.09 bits per heavy atom. The maximum absolute atomic E-state index is 12.4. The van der Waals surface area contributed by atoms with Gasteiger partial charge >= 0.3 is 0 Å². The van der Waals surface area contributed by atoms with Crippen molar-refractivity contribution < 1.29 is 9.59 Å². The van der Waals surface area contributed by atoms with E-state index in [0.717, 1.165) is 22.6 Å². The smallest absolute Gasteiger partial charge is 0.223 e. The molecule has 1 aliphatic rings. The fraction of sp³-hybridized carbons (Fsp3) is 0.667. The van der Waals surface area contributed by atoms with Gasteiger partial charge in [-0.1, -0.05) is 32.1 Å². The van der Waals surface area contributed by atoms with E-state index in [1.807, 2.05) is 31.0 Å². The van der Waals surface area contributed by atoms with E-state index in [2.05, 4.69) is 0 Å². The fourth-order valence-corrected chi connectivity index (χ4v) is 3.96. The molecule has 0 bridgehead atoms. The van der Waals surface area contributed by atoms with Gasteiger partial charge in [0.1, 0.15) is 0 Å². The predicted octanol–water partition coefficient (Wildman–Crippen LogP) is 4.59. The van der Waals surface area contributed by atoms with Gasteiger partial charge in [0.15, 0.2) is 5.78 Å². The van der Waals surface area contributed by atoms with Crippen molar-refractivity contribution in [2.24, 2.45) is 0 Å². The number of amides is 1. The van der Waals surface area contributed by atoms with Crippen molar-refractivity contribution in [3.05, 3.63) is 21.9 Å². The van der Waals surface area contributed by atoms with E-state index in [1.165, 1.54) is 43.4 Å². The van der Waals surface area contributed by atoms with Crippen molar-refractivity contribution in [1.29, 1.82) is 0 Å². The van der Waals surface area contributed by atoms with Crippen molar-refractivity contribution in [2.75, 3.05) is 7.05 Å². The average molecular weight is 321 g/mol. The Bertz CT molecular complexity index is 501. The maximum Gasteiger partial charge on any atom is 0.223 e. The largest absolute Gasteiger partial charge is 0.343 e. The third-order valence-electron chi connectivity index (χ3n) is 4.60. The molecular formula is C18H27NO2S. The van der Waals surface area contributed by atoms with Gasteiger partial charge < -0.3 is 4.90 Å². The van der Waals surface area contributed by atoms with E-state index >= 15 is 0 Å². The number of nitrogens with zero attached hydrogens (tertiary/aromatic N) is 1. The van der Waals surface area contributed by atoms with Gasteiger partial charge in [-0.25, -0.2) is 0 Å². The fourth-order valence-electron chi connectivity index (χ4n) is 3.13. The normalized spacial score (nSPS) is 16.8. The number of rotatable bonds is 5. The molecule has 1 aromatic rings. The summed E-state index contributed by atoms with van der Waals surface area (Å²) in [6, 6.07) is 4.19. The lowest BCUT2D eigenvalue weighted by Crippen LogP contribution is -2.37. The summed E-state index contributed by atoms with van der Waals surface area (Å²) in [7, 11) is 1.91. The minimum atomic E-state index is 0.0949. The van der Waals surface area contributed by atoms with Crippen LogP contribution in [0.25, 0.3) is 0 Å². The summed E-state index contributed by atoms with van der Waals surface area (Å²) in [6.45, 7) is 2.00. The zero-order valence-corrected chi connectivity index (χ0v) is 14.6. The topological polar surface area (TPSA) is 37.4 Å². The molecule has 4 heteroatoms. The summed E-state index contributed by atoms with van der Waals surface area (Å²) < 4.78 is 0. The van der Waals surface area contributed by atoms with Crippen molar-refractivity contribution in [2.45, 2.75) is 70.8 Å². The van der Waals surface area contributed by atoms with Gasteiger partial charge in [-0.3, -0.25) is 9.59 Å². The Balaban J connectivity index is 1.81. The quantitative estimate of drug-likeness (QED) is 0.744. The molecule has 0 aliphatic heterocycles. The second-order valence-electron chi connectivity index (χ2n) is 6.34. The zero-order valence-electron chi connectivity index (χ0n) is 13.8. The summed E-state index contributed by atoms with van der Waals surface area (Å²) in [4.78, 5) is 28.3. The number of carbonyl (C=O) groups excluding carboxylic acids is 2. The SMILES string of the molecule is Cc1ccc(C(=O)CCC(=O)N(C)C2CCCCCCC2)s1. The highest BCUT2D eigenvalue weighted by atomic mass is 32.1. The Morgan fingerprint density at radius 3 is 2.32 bits per heavy atom. The summed E-state index contributed by atoms with van der Waals surface area (Å²) in [6.07, 6.45) is 9.23. The van der Waals surface area contributed by atoms with Crippen LogP contribution in [0.1, 0.15) is 72.3 Å². The number of thiophene rings is 1. The lowest BCUT2D eigenvalue weighted by molar-refractivity contribution is -0.132. The molecule has 0 unspecified atom stereocenters. The van der Waals surface area contributed by atoms with Crippen molar-refractivity contribution in [1.82, 2.24) is 4.90 Å². The van der Waals surface area contributed by atoms with Gasteiger partial charge in [0.25, 0.3) is 0 Å². The molecule has 0 aromatic carbocycles. The van der Waals surface area contributed by atoms with Gasteiger partial charge in [0.05, 0.1) is 4.88 Å². The molecule has 0 radical (unpaired) electrons. The number of ketones is 1. The van der Waals surface area contributed by atoms with Gasteiger partial charge in [0, 0.05) is 30.8 Å². The number of aryl methyl sites for hydroxylation is 1. The number of Topliss-reactive ketones (excluding diaryl/α,β-unsaturated/α-hetero) is 1. The van der Waals surface area contributed by atoms with E-state index in [0.29, 0.717) is 18.9 Å². The maximum atomic E-state index is 12.4. The molecule has 0 N–H and O–H groups in total. The van der Waals surface area contributed by atoms with Crippen LogP contribution in [0, 0.1) is 6.92 Å². The summed E-state index contributed by atoms with van der Waals surface area (Å²) in [5.41, 5.74) is 0. The van der Waals surface area contributed by atoms with E-state index in [-0.39, 0.29) is 11.7 Å². The molecule has 22 heavy (non-hydrogen) atoms. The van der Waals surface area contributed by atoms with Crippen molar-refractivity contribution in [3.63, 3.8) is 0 Å². The van der Waals surface area contributed by atoms with Crippen LogP contribution in [0.2, 0.25) is 0 Å². The van der Waals surface area contributed by atoms with Crippen LogP contribution >= 0.6 is 11.3 Å². The minimum absolute atomic E-state index is 0.0949. The van der Waals surface area contributed by atoms with Gasteiger partial charge in [-0.2, -0.15) is 0 Å². The number of hydrogen-bond acceptors (Lipinski definition) is 3. The molecule has 1 fully saturated rings. The lowest BCUT2D eigenvalue weighted by Gasteiger charge is -2.29. The average Bonchev–Trinajstić information content (AvgIpc) is 2.90. The molecule has 0 atom stereocenters. The highest BCUT2D eigenvalue weighted by Crippen LogP contribution is 2.22. The van der Waals surface area contributed by atoms with Gasteiger partial charge in [-0.05, 0) is 31.9 Å². The molecule has 2 rings (SSSR count). The van der Waals surface area contributed by atoms with Crippen LogP contribution in [0.3, 0.4) is 0 Å². The molecular weight excluding hydrogens is 294 g/mol. The Hall–Kier alpha value is -1.16. The van der Waals surface area contributed by atoms with Crippen LogP contribution in [0.5, 0.6) is 0 Å². The first-order valence-electron chi connectivity index (χ1n) is 8.43. The Labute approximate surface area is 137 Å². The van der Waals surface area contributed by atoms with Gasteiger partial charge in [0.2, 0.25) is 5.91 Å². The molecule has 1 saturated carbocycles. The van der Waals surface area contributed by atoms with E-state index in [9.17, 15) is 9.59 Å². The van der Waals surface area contributed by atoms with E-state index < -0.39 is 0 Å². The third kappa shape index (κ3) is 4.94. The van der Waals surface area contributed by atoms with Crippen LogP contribution in [-0.4, -0.2) is 29.7 Å². The molecule has 0 saturated heterocycles. The van der Waals surface area contributed by atoms with Crippen LogP contribution in [0.15, 0.2) is 12.1 Å². The zero-order chi connectivity index (χ0) is 15.9. The standard InChI is InChI=1S/C18H27NO2S/c1-14-10-12-17(22-14)16(20)11-13-18(21)19(2)15-8-6-4-3-5-7-9-15/h10,12,15H,3-9,11,13H2,1-2H3. The van der Waals surface area contributed by atoms with Crippen molar-refractivity contribution in [3.8, 4) is 0 Å². The molecule has 1 aliphatic carbocycles. The number of carbonyl (C=O) groups is 2. The highest BCUT2D eigenvalue weighted by Gasteiger charge is 2.21. The number of hydrogen-bond donors (Lipinski definition) is 0. The summed E-state index contributed by atoms with van der Waals surface area (Å²) in [5.74, 6) is 0.213. The molecule has 122 valence electrons. The first-order chi connectivity index (χ1) is 10.6.